The average molecular weight is 1100 g/mol. The molecule has 0 saturated heterocycles. The van der Waals surface area contributed by atoms with E-state index in [0.717, 1.165) is 51.4 Å². The van der Waals surface area contributed by atoms with Crippen LogP contribution in [0.5, 0.6) is 0 Å². The predicted octanol–water partition coefficient (Wildman–Crippen LogP) is 20.2. The number of phosphoric acid groups is 1. The highest BCUT2D eigenvalue weighted by Gasteiger charge is 2.23. The Morgan fingerprint density at radius 2 is 0.766 bits per heavy atom. The Bertz CT molecular complexity index is 1440. The van der Waals surface area contributed by atoms with Crippen LogP contribution in [-0.4, -0.2) is 68.5 Å². The lowest BCUT2D eigenvalue weighted by Crippen LogP contribution is -2.45. The number of nitrogens with zero attached hydrogens (tertiary/aromatic N) is 1. The summed E-state index contributed by atoms with van der Waals surface area (Å²) in [5.74, 6) is -0.207. The van der Waals surface area contributed by atoms with Crippen molar-refractivity contribution in [3.63, 3.8) is 0 Å². The van der Waals surface area contributed by atoms with Crippen LogP contribution in [0.2, 0.25) is 0 Å². The first kappa shape index (κ1) is 75.2. The van der Waals surface area contributed by atoms with Gasteiger partial charge in [0.1, 0.15) is 13.2 Å². The monoisotopic (exact) mass is 1100 g/mol. The molecule has 1 amide bonds. The number of quaternary nitrogens is 1. The zero-order valence-electron chi connectivity index (χ0n) is 51.7. The molecule has 0 radical (unpaired) electrons. The van der Waals surface area contributed by atoms with Gasteiger partial charge in [-0.2, -0.15) is 0 Å². The Balaban J connectivity index is 4.14. The standard InChI is InChI=1S/C68H129N2O6P/c1-6-8-10-12-14-16-18-20-22-24-26-28-30-32-33-34-35-36-37-38-40-42-44-46-48-50-52-54-56-58-60-62-68(72)69-66(65-76-77(73,74)75-64-63-70(3,4)5)67(71)61-59-57-55-53-51-49-47-45-43-41-39-31-29-27-25-23-21-19-17-15-13-11-9-7-2/h18,20,24,26,43,45,51,53,59,61,66-67,71H,6-17,19,21-23,25,27-42,44,46-50,52,54-58,60,62-65H2,1-5H3,(H-,69,72,73,74)/b20-18-,26-24-,45-43+,53-51+,61-59+. The number of aliphatic hydroxyl groups is 1. The number of aliphatic hydroxyl groups excluding tert-OH is 1. The van der Waals surface area contributed by atoms with E-state index in [1.54, 1.807) is 6.08 Å². The third kappa shape index (κ3) is 61.7. The largest absolute Gasteiger partial charge is 0.756 e. The van der Waals surface area contributed by atoms with Gasteiger partial charge < -0.3 is 28.8 Å². The predicted molar refractivity (Wildman–Crippen MR) is 334 cm³/mol. The van der Waals surface area contributed by atoms with Crippen molar-refractivity contribution in [2.24, 2.45) is 0 Å². The second kappa shape index (κ2) is 58.8. The molecule has 0 bridgehead atoms. The highest BCUT2D eigenvalue weighted by Crippen LogP contribution is 2.38. The lowest BCUT2D eigenvalue weighted by molar-refractivity contribution is -0.870. The summed E-state index contributed by atoms with van der Waals surface area (Å²) in [6, 6.07) is -0.912. The smallest absolute Gasteiger partial charge is 0.268 e. The first-order chi connectivity index (χ1) is 37.5. The average Bonchev–Trinajstić information content (AvgIpc) is 3.39. The van der Waals surface area contributed by atoms with Gasteiger partial charge >= 0.3 is 0 Å². The molecule has 0 aliphatic heterocycles. The van der Waals surface area contributed by atoms with Crippen LogP contribution < -0.4 is 10.2 Å². The Labute approximate surface area is 479 Å². The minimum atomic E-state index is -4.61. The maximum absolute atomic E-state index is 13.0. The summed E-state index contributed by atoms with van der Waals surface area (Å²) in [6.45, 7) is 4.65. The number of hydrogen-bond donors (Lipinski definition) is 2. The Morgan fingerprint density at radius 1 is 0.455 bits per heavy atom. The highest BCUT2D eigenvalue weighted by molar-refractivity contribution is 7.45. The third-order valence-corrected chi connectivity index (χ3v) is 15.9. The molecular formula is C68H129N2O6P. The number of nitrogens with one attached hydrogen (secondary N) is 1. The van der Waals surface area contributed by atoms with Crippen LogP contribution in [0.4, 0.5) is 0 Å². The van der Waals surface area contributed by atoms with Crippen molar-refractivity contribution in [3.8, 4) is 0 Å². The molecule has 0 rings (SSSR count). The highest BCUT2D eigenvalue weighted by atomic mass is 31.2. The van der Waals surface area contributed by atoms with Gasteiger partial charge in [0, 0.05) is 6.42 Å². The first-order valence-electron chi connectivity index (χ1n) is 33.2. The van der Waals surface area contributed by atoms with E-state index in [9.17, 15) is 19.4 Å². The summed E-state index contributed by atoms with van der Waals surface area (Å²) in [4.78, 5) is 25.6. The van der Waals surface area contributed by atoms with E-state index in [2.05, 4.69) is 67.8 Å². The van der Waals surface area contributed by atoms with Gasteiger partial charge in [0.2, 0.25) is 5.91 Å². The van der Waals surface area contributed by atoms with E-state index in [1.165, 1.54) is 244 Å². The zero-order valence-corrected chi connectivity index (χ0v) is 52.6. The number of carbonyl (C=O) groups is 1. The molecule has 0 aliphatic carbocycles. The second-order valence-corrected chi connectivity index (χ2v) is 25.2. The van der Waals surface area contributed by atoms with Crippen molar-refractivity contribution < 1.29 is 32.9 Å². The van der Waals surface area contributed by atoms with Gasteiger partial charge in [-0.25, -0.2) is 0 Å². The molecule has 0 aromatic rings. The van der Waals surface area contributed by atoms with Crippen LogP contribution in [0.15, 0.2) is 60.8 Å². The molecule has 3 atom stereocenters. The molecule has 9 heteroatoms. The summed E-state index contributed by atoms with van der Waals surface area (Å²) in [6.07, 6.45) is 80.5. The van der Waals surface area contributed by atoms with Crippen molar-refractivity contribution in [1.82, 2.24) is 5.32 Å². The number of likely N-dealkylation sites (N-methyl/N-ethyl adjacent to an activating group) is 1. The lowest BCUT2D eigenvalue weighted by Gasteiger charge is -2.29. The van der Waals surface area contributed by atoms with E-state index < -0.39 is 26.6 Å². The van der Waals surface area contributed by atoms with Crippen molar-refractivity contribution in [3.05, 3.63) is 60.8 Å². The van der Waals surface area contributed by atoms with E-state index in [4.69, 9.17) is 9.05 Å². The molecular weight excluding hydrogens is 972 g/mol. The molecule has 0 aromatic carbocycles. The SMILES string of the molecule is CCCCCCC/C=C\C/C=C\CCCCCCCCCCCCCCCCCCCCCC(=O)NC(COP(=O)([O-])OCC[N+](C)(C)C)C(O)/C=C/CC/C=C/CC/C=C/CCCCCCCCCCCCCCCC. The zero-order chi connectivity index (χ0) is 56.3. The number of amides is 1. The number of hydrogen-bond acceptors (Lipinski definition) is 6. The molecule has 3 unspecified atom stereocenters. The normalized spacial score (nSPS) is 14.1. The summed E-state index contributed by atoms with van der Waals surface area (Å²) < 4.78 is 23.4. The van der Waals surface area contributed by atoms with E-state index >= 15 is 0 Å². The molecule has 77 heavy (non-hydrogen) atoms. The Kier molecular flexibility index (Phi) is 57.5. The molecule has 0 aromatic heterocycles. The molecule has 452 valence electrons. The fourth-order valence-corrected chi connectivity index (χ4v) is 10.5. The van der Waals surface area contributed by atoms with Crippen LogP contribution in [-0.2, 0) is 18.4 Å². The van der Waals surface area contributed by atoms with Crippen molar-refractivity contribution in [2.75, 3.05) is 40.9 Å². The van der Waals surface area contributed by atoms with Crippen LogP contribution >= 0.6 is 7.82 Å². The molecule has 2 N–H and O–H groups in total. The Morgan fingerprint density at radius 3 is 1.13 bits per heavy atom. The fourth-order valence-electron chi connectivity index (χ4n) is 9.75. The van der Waals surface area contributed by atoms with E-state index in [-0.39, 0.29) is 12.5 Å². The number of rotatable bonds is 61. The summed E-state index contributed by atoms with van der Waals surface area (Å²) in [5, 5.41) is 13.9. The molecule has 0 saturated carbocycles. The Hall–Kier alpha value is -1.80. The van der Waals surface area contributed by atoms with Gasteiger partial charge in [-0.05, 0) is 77.0 Å². The topological polar surface area (TPSA) is 108 Å². The van der Waals surface area contributed by atoms with Crippen LogP contribution in [0.25, 0.3) is 0 Å². The second-order valence-electron chi connectivity index (χ2n) is 23.8. The minimum absolute atomic E-state index is 0.00911. The van der Waals surface area contributed by atoms with Gasteiger partial charge in [-0.3, -0.25) is 9.36 Å². The number of phosphoric ester groups is 1. The molecule has 0 heterocycles. The van der Waals surface area contributed by atoms with Gasteiger partial charge in [-0.1, -0.05) is 293 Å². The van der Waals surface area contributed by atoms with E-state index in [1.807, 2.05) is 27.2 Å². The molecule has 8 nitrogen and oxygen atoms in total. The quantitative estimate of drug-likeness (QED) is 0.0272. The van der Waals surface area contributed by atoms with Crippen molar-refractivity contribution >= 4 is 13.7 Å². The summed E-state index contributed by atoms with van der Waals surface area (Å²) in [5.41, 5.74) is 0. The van der Waals surface area contributed by atoms with Crippen LogP contribution in [0.3, 0.4) is 0 Å². The minimum Gasteiger partial charge on any atom is -0.756 e. The van der Waals surface area contributed by atoms with Gasteiger partial charge in [-0.15, -0.1) is 0 Å². The maximum Gasteiger partial charge on any atom is 0.268 e. The van der Waals surface area contributed by atoms with Gasteiger partial charge in [0.05, 0.1) is 39.9 Å². The first-order valence-corrected chi connectivity index (χ1v) is 34.6. The van der Waals surface area contributed by atoms with Crippen molar-refractivity contribution in [1.29, 1.82) is 0 Å². The maximum atomic E-state index is 13.0. The van der Waals surface area contributed by atoms with Gasteiger partial charge in [0.15, 0.2) is 0 Å². The third-order valence-electron chi connectivity index (χ3n) is 14.9. The number of carbonyl (C=O) groups excluding carboxylic acids is 1. The van der Waals surface area contributed by atoms with Crippen molar-refractivity contribution in [2.45, 2.75) is 328 Å². The van der Waals surface area contributed by atoms with E-state index in [0.29, 0.717) is 17.4 Å². The molecule has 0 aliphatic rings. The van der Waals surface area contributed by atoms with Crippen LogP contribution in [0, 0.1) is 0 Å². The van der Waals surface area contributed by atoms with Gasteiger partial charge in [0.25, 0.3) is 7.82 Å². The molecule has 0 fully saturated rings. The summed E-state index contributed by atoms with van der Waals surface area (Å²) >= 11 is 0. The summed E-state index contributed by atoms with van der Waals surface area (Å²) in [7, 11) is 1.24. The molecule has 0 spiro atoms. The number of allylic oxidation sites excluding steroid dienone is 9. The fraction of sp³-hybridized carbons (Fsp3) is 0.838. The lowest BCUT2D eigenvalue weighted by atomic mass is 10.0. The number of unbranched alkanes of at least 4 members (excludes halogenated alkanes) is 40. The van der Waals surface area contributed by atoms with Crippen LogP contribution in [0.1, 0.15) is 316 Å².